The maximum atomic E-state index is 12.5. The van der Waals surface area contributed by atoms with Crippen molar-refractivity contribution in [2.75, 3.05) is 6.54 Å². The lowest BCUT2D eigenvalue weighted by Crippen LogP contribution is -2.38. The minimum Gasteiger partial charge on any atom is -0.329 e. The van der Waals surface area contributed by atoms with Crippen LogP contribution in [0.5, 0.6) is 0 Å². The zero-order chi connectivity index (χ0) is 15.6. The number of hydrogen-bond acceptors (Lipinski definition) is 4. The first-order chi connectivity index (χ1) is 11.3. The van der Waals surface area contributed by atoms with Gasteiger partial charge in [-0.1, -0.05) is 18.2 Å². The van der Waals surface area contributed by atoms with Crippen LogP contribution in [0.25, 0.3) is 0 Å². The average Bonchev–Trinajstić information content (AvgIpc) is 3.25. The summed E-state index contributed by atoms with van der Waals surface area (Å²) in [5, 5.41) is 4.12. The van der Waals surface area contributed by atoms with Gasteiger partial charge >= 0.3 is 0 Å². The van der Waals surface area contributed by atoms with E-state index in [1.165, 1.54) is 6.33 Å². The van der Waals surface area contributed by atoms with E-state index in [1.54, 1.807) is 11.0 Å². The van der Waals surface area contributed by atoms with Crippen LogP contribution in [0, 0.1) is 0 Å². The lowest BCUT2D eigenvalue weighted by atomic mass is 10.2. The summed E-state index contributed by atoms with van der Waals surface area (Å²) in [6.07, 6.45) is 5.06. The first-order valence-corrected chi connectivity index (χ1v) is 7.51. The molecule has 0 aliphatic carbocycles. The number of hydrogen-bond donors (Lipinski definition) is 0. The lowest BCUT2D eigenvalue weighted by molar-refractivity contribution is 0.0706. The van der Waals surface area contributed by atoms with E-state index in [2.05, 4.69) is 19.6 Å². The fourth-order valence-corrected chi connectivity index (χ4v) is 2.87. The highest BCUT2D eigenvalue weighted by molar-refractivity contribution is 5.94. The zero-order valence-corrected chi connectivity index (χ0v) is 12.5. The molecule has 1 aromatic carbocycles. The Balaban J connectivity index is 1.52. The van der Waals surface area contributed by atoms with Gasteiger partial charge in [0.1, 0.15) is 18.5 Å². The zero-order valence-electron chi connectivity index (χ0n) is 12.5. The summed E-state index contributed by atoms with van der Waals surface area (Å²) in [5.74, 6) is 0.966. The molecule has 0 atom stereocenters. The Bertz CT molecular complexity index is 808. The summed E-state index contributed by atoms with van der Waals surface area (Å²) in [4.78, 5) is 22.8. The molecular formula is C16H16N6O. The van der Waals surface area contributed by atoms with Gasteiger partial charge in [0.2, 0.25) is 0 Å². The highest BCUT2D eigenvalue weighted by Crippen LogP contribution is 2.17. The third-order valence-electron chi connectivity index (χ3n) is 4.05. The van der Waals surface area contributed by atoms with E-state index in [0.29, 0.717) is 19.6 Å². The van der Waals surface area contributed by atoms with E-state index in [4.69, 9.17) is 0 Å². The van der Waals surface area contributed by atoms with Gasteiger partial charge in [-0.15, -0.1) is 0 Å². The minimum atomic E-state index is 0.0534. The maximum Gasteiger partial charge on any atom is 0.254 e. The molecule has 23 heavy (non-hydrogen) atoms. The average molecular weight is 308 g/mol. The molecule has 4 rings (SSSR count). The number of benzene rings is 1. The van der Waals surface area contributed by atoms with Gasteiger partial charge in [-0.05, 0) is 12.1 Å². The summed E-state index contributed by atoms with van der Waals surface area (Å²) in [6, 6.07) is 9.37. The number of carbonyl (C=O) groups is 1. The second-order valence-electron chi connectivity index (χ2n) is 5.50. The van der Waals surface area contributed by atoms with Crippen molar-refractivity contribution in [3.63, 3.8) is 0 Å². The fraction of sp³-hybridized carbons (Fsp3) is 0.250. The summed E-state index contributed by atoms with van der Waals surface area (Å²) < 4.78 is 3.93. The molecule has 0 radical (unpaired) electrons. The predicted molar refractivity (Wildman–Crippen MR) is 82.5 cm³/mol. The largest absolute Gasteiger partial charge is 0.329 e. The number of amides is 1. The summed E-state index contributed by atoms with van der Waals surface area (Å²) >= 11 is 0. The van der Waals surface area contributed by atoms with Crippen molar-refractivity contribution in [3.8, 4) is 0 Å². The van der Waals surface area contributed by atoms with Crippen LogP contribution in [0.1, 0.15) is 21.9 Å². The number of carbonyl (C=O) groups excluding carboxylic acids is 1. The summed E-state index contributed by atoms with van der Waals surface area (Å²) in [7, 11) is 0. The molecule has 0 unspecified atom stereocenters. The molecule has 1 amide bonds. The number of nitrogens with zero attached hydrogens (tertiary/aromatic N) is 6. The second kappa shape index (κ2) is 5.68. The molecule has 1 aliphatic heterocycles. The molecule has 0 saturated carbocycles. The first kappa shape index (κ1) is 13.7. The molecule has 116 valence electrons. The quantitative estimate of drug-likeness (QED) is 0.728. The van der Waals surface area contributed by atoms with Gasteiger partial charge in [0, 0.05) is 18.7 Å². The lowest BCUT2D eigenvalue weighted by Gasteiger charge is -2.28. The van der Waals surface area contributed by atoms with Crippen molar-refractivity contribution in [3.05, 3.63) is 66.3 Å². The minimum absolute atomic E-state index is 0.0534. The SMILES string of the molecule is O=C(c1ccccc1)N1CCn2c(Cn3cncn3)cnc2C1. The Kier molecular flexibility index (Phi) is 3.38. The van der Waals surface area contributed by atoms with Crippen LogP contribution < -0.4 is 0 Å². The fourth-order valence-electron chi connectivity index (χ4n) is 2.87. The third kappa shape index (κ3) is 2.61. The Morgan fingerprint density at radius 3 is 2.83 bits per heavy atom. The molecule has 0 bridgehead atoms. The van der Waals surface area contributed by atoms with Crippen LogP contribution in [-0.2, 0) is 19.6 Å². The molecule has 3 heterocycles. The Morgan fingerprint density at radius 2 is 2.04 bits per heavy atom. The van der Waals surface area contributed by atoms with Gasteiger partial charge in [-0.25, -0.2) is 14.6 Å². The normalized spacial score (nSPS) is 13.8. The molecule has 0 spiro atoms. The molecular weight excluding hydrogens is 292 g/mol. The Hall–Kier alpha value is -2.96. The topological polar surface area (TPSA) is 68.8 Å². The standard InChI is InChI=1S/C16H16N6O/c23-16(13-4-2-1-3-5-13)20-6-7-22-14(8-18-15(22)10-20)9-21-12-17-11-19-21/h1-5,8,11-12H,6-7,9-10H2. The van der Waals surface area contributed by atoms with Gasteiger partial charge in [-0.2, -0.15) is 5.10 Å². The van der Waals surface area contributed by atoms with E-state index in [9.17, 15) is 4.79 Å². The van der Waals surface area contributed by atoms with Crippen LogP contribution in [0.3, 0.4) is 0 Å². The van der Waals surface area contributed by atoms with E-state index >= 15 is 0 Å². The van der Waals surface area contributed by atoms with E-state index in [0.717, 1.165) is 23.6 Å². The molecule has 0 N–H and O–H groups in total. The van der Waals surface area contributed by atoms with Crippen LogP contribution in [0.2, 0.25) is 0 Å². The number of aromatic nitrogens is 5. The highest BCUT2D eigenvalue weighted by atomic mass is 16.2. The van der Waals surface area contributed by atoms with Crippen molar-refractivity contribution in [2.24, 2.45) is 0 Å². The number of rotatable bonds is 3. The van der Waals surface area contributed by atoms with Gasteiger partial charge < -0.3 is 9.47 Å². The van der Waals surface area contributed by atoms with E-state index < -0.39 is 0 Å². The van der Waals surface area contributed by atoms with Crippen LogP contribution in [-0.4, -0.2) is 41.7 Å². The van der Waals surface area contributed by atoms with Gasteiger partial charge in [0.05, 0.1) is 25.0 Å². The molecule has 3 aromatic rings. The monoisotopic (exact) mass is 308 g/mol. The highest BCUT2D eigenvalue weighted by Gasteiger charge is 2.24. The second-order valence-corrected chi connectivity index (χ2v) is 5.50. The molecule has 0 saturated heterocycles. The number of imidazole rings is 1. The maximum absolute atomic E-state index is 12.5. The molecule has 7 nitrogen and oxygen atoms in total. The first-order valence-electron chi connectivity index (χ1n) is 7.51. The van der Waals surface area contributed by atoms with Crippen molar-refractivity contribution < 1.29 is 4.79 Å². The number of fused-ring (bicyclic) bond motifs is 1. The van der Waals surface area contributed by atoms with Gasteiger partial charge in [-0.3, -0.25) is 4.79 Å². The van der Waals surface area contributed by atoms with E-state index in [-0.39, 0.29) is 5.91 Å². The molecule has 0 fully saturated rings. The van der Waals surface area contributed by atoms with Gasteiger partial charge in [0.25, 0.3) is 5.91 Å². The Labute approximate surface area is 133 Å². The predicted octanol–water partition coefficient (Wildman–Crippen LogP) is 1.18. The summed E-state index contributed by atoms with van der Waals surface area (Å²) in [5.41, 5.74) is 1.80. The molecule has 1 aliphatic rings. The van der Waals surface area contributed by atoms with Crippen LogP contribution >= 0.6 is 0 Å². The van der Waals surface area contributed by atoms with Crippen LogP contribution in [0.4, 0.5) is 0 Å². The van der Waals surface area contributed by atoms with Gasteiger partial charge in [0.15, 0.2) is 0 Å². The van der Waals surface area contributed by atoms with Crippen molar-refractivity contribution in [2.45, 2.75) is 19.6 Å². The molecule has 2 aromatic heterocycles. The third-order valence-corrected chi connectivity index (χ3v) is 4.05. The molecule has 7 heteroatoms. The van der Waals surface area contributed by atoms with Crippen molar-refractivity contribution in [1.29, 1.82) is 0 Å². The van der Waals surface area contributed by atoms with Crippen molar-refractivity contribution in [1.82, 2.24) is 29.2 Å². The summed E-state index contributed by atoms with van der Waals surface area (Å²) in [6.45, 7) is 2.60. The smallest absolute Gasteiger partial charge is 0.254 e. The Morgan fingerprint density at radius 1 is 1.17 bits per heavy atom. The van der Waals surface area contributed by atoms with Crippen molar-refractivity contribution >= 4 is 5.91 Å². The van der Waals surface area contributed by atoms with E-state index in [1.807, 2.05) is 41.4 Å². The van der Waals surface area contributed by atoms with Crippen LogP contribution in [0.15, 0.2) is 49.2 Å².